The number of amides is 1. The van der Waals surface area contributed by atoms with Crippen molar-refractivity contribution >= 4 is 35.8 Å². The number of nitrogens with one attached hydrogen (secondary N) is 3. The highest BCUT2D eigenvalue weighted by Crippen LogP contribution is 2.28. The Labute approximate surface area is 151 Å². The van der Waals surface area contributed by atoms with Crippen LogP contribution < -0.4 is 16.0 Å². The Morgan fingerprint density at radius 3 is 2.59 bits per heavy atom. The average Bonchev–Trinajstić information content (AvgIpc) is 3.30. The predicted molar refractivity (Wildman–Crippen MR) is 101 cm³/mol. The summed E-state index contributed by atoms with van der Waals surface area (Å²) in [5.41, 5.74) is 0. The van der Waals surface area contributed by atoms with Crippen LogP contribution in [0.5, 0.6) is 0 Å². The third-order valence-corrected chi connectivity index (χ3v) is 3.11. The lowest BCUT2D eigenvalue weighted by molar-refractivity contribution is -0.119. The van der Waals surface area contributed by atoms with E-state index in [1.54, 1.807) is 0 Å². The van der Waals surface area contributed by atoms with Gasteiger partial charge in [0.15, 0.2) is 5.96 Å². The number of ether oxygens (including phenoxy) is 1. The SMILES string of the molecule is CCCNC(=O)CN=C(NCC)NCCCOCC1CC1.I. The summed E-state index contributed by atoms with van der Waals surface area (Å²) in [6.07, 6.45) is 4.54. The summed E-state index contributed by atoms with van der Waals surface area (Å²) >= 11 is 0. The third kappa shape index (κ3) is 12.0. The summed E-state index contributed by atoms with van der Waals surface area (Å²) in [5.74, 6) is 1.46. The van der Waals surface area contributed by atoms with E-state index in [0.29, 0.717) is 12.5 Å². The molecule has 130 valence electrons. The fourth-order valence-corrected chi connectivity index (χ4v) is 1.73. The zero-order valence-corrected chi connectivity index (χ0v) is 16.2. The minimum atomic E-state index is -0.0400. The molecule has 0 aromatic heterocycles. The molecular formula is C15H31IN4O2. The molecule has 0 aromatic carbocycles. The van der Waals surface area contributed by atoms with Crippen LogP contribution in [0.15, 0.2) is 4.99 Å². The Morgan fingerprint density at radius 1 is 1.18 bits per heavy atom. The van der Waals surface area contributed by atoms with E-state index in [4.69, 9.17) is 4.74 Å². The molecule has 1 rings (SSSR count). The van der Waals surface area contributed by atoms with Crippen LogP contribution in [0.1, 0.15) is 39.5 Å². The van der Waals surface area contributed by atoms with Crippen molar-refractivity contribution in [3.05, 3.63) is 0 Å². The molecule has 7 heteroatoms. The third-order valence-electron chi connectivity index (χ3n) is 3.11. The molecule has 0 aromatic rings. The number of carbonyl (C=O) groups is 1. The summed E-state index contributed by atoms with van der Waals surface area (Å²) in [7, 11) is 0. The van der Waals surface area contributed by atoms with E-state index < -0.39 is 0 Å². The Balaban J connectivity index is 0.00000441. The normalized spacial score (nSPS) is 14.2. The number of nitrogens with zero attached hydrogens (tertiary/aromatic N) is 1. The smallest absolute Gasteiger partial charge is 0.241 e. The second-order valence-electron chi connectivity index (χ2n) is 5.34. The second-order valence-corrected chi connectivity index (χ2v) is 5.34. The summed E-state index contributed by atoms with van der Waals surface area (Å²) in [5, 5.41) is 9.15. The van der Waals surface area contributed by atoms with Gasteiger partial charge in [-0.25, -0.2) is 4.99 Å². The molecule has 0 atom stereocenters. The summed E-state index contributed by atoms with van der Waals surface area (Å²) in [6.45, 7) is 8.16. The lowest BCUT2D eigenvalue weighted by atomic mass is 10.4. The minimum Gasteiger partial charge on any atom is -0.381 e. The van der Waals surface area contributed by atoms with E-state index >= 15 is 0 Å². The molecule has 0 unspecified atom stereocenters. The van der Waals surface area contributed by atoms with Crippen LogP contribution in [0.3, 0.4) is 0 Å². The van der Waals surface area contributed by atoms with Gasteiger partial charge < -0.3 is 20.7 Å². The van der Waals surface area contributed by atoms with Gasteiger partial charge in [0.2, 0.25) is 5.91 Å². The van der Waals surface area contributed by atoms with E-state index in [-0.39, 0.29) is 36.4 Å². The number of carbonyl (C=O) groups excluding carboxylic acids is 1. The zero-order chi connectivity index (χ0) is 15.3. The molecule has 1 amide bonds. The lowest BCUT2D eigenvalue weighted by Gasteiger charge is -2.11. The van der Waals surface area contributed by atoms with Crippen molar-refractivity contribution in [3.8, 4) is 0 Å². The molecular weight excluding hydrogens is 395 g/mol. The van der Waals surface area contributed by atoms with Crippen molar-refractivity contribution in [1.29, 1.82) is 0 Å². The zero-order valence-electron chi connectivity index (χ0n) is 13.8. The Bertz CT molecular complexity index is 323. The highest BCUT2D eigenvalue weighted by molar-refractivity contribution is 14.0. The fraction of sp³-hybridized carbons (Fsp3) is 0.867. The van der Waals surface area contributed by atoms with E-state index in [1.165, 1.54) is 12.8 Å². The van der Waals surface area contributed by atoms with Crippen LogP contribution in [0.25, 0.3) is 0 Å². The maximum Gasteiger partial charge on any atom is 0.241 e. The van der Waals surface area contributed by atoms with Crippen LogP contribution in [0.2, 0.25) is 0 Å². The van der Waals surface area contributed by atoms with Gasteiger partial charge in [-0.1, -0.05) is 6.92 Å². The molecule has 0 aliphatic heterocycles. The van der Waals surface area contributed by atoms with E-state index in [1.807, 2.05) is 13.8 Å². The maximum atomic E-state index is 11.5. The van der Waals surface area contributed by atoms with Gasteiger partial charge in [-0.15, -0.1) is 24.0 Å². The molecule has 1 saturated carbocycles. The first-order valence-corrected chi connectivity index (χ1v) is 8.12. The highest BCUT2D eigenvalue weighted by Gasteiger charge is 2.20. The molecule has 0 saturated heterocycles. The number of guanidine groups is 1. The van der Waals surface area contributed by atoms with Crippen molar-refractivity contribution in [2.45, 2.75) is 39.5 Å². The molecule has 0 radical (unpaired) electrons. The van der Waals surface area contributed by atoms with Crippen LogP contribution >= 0.6 is 24.0 Å². The van der Waals surface area contributed by atoms with Crippen LogP contribution in [-0.4, -0.2) is 51.3 Å². The molecule has 3 N–H and O–H groups in total. The van der Waals surface area contributed by atoms with Crippen molar-refractivity contribution in [3.63, 3.8) is 0 Å². The first-order chi connectivity index (χ1) is 10.3. The largest absolute Gasteiger partial charge is 0.381 e. The quantitative estimate of drug-likeness (QED) is 0.203. The average molecular weight is 426 g/mol. The van der Waals surface area contributed by atoms with E-state index in [0.717, 1.165) is 45.1 Å². The molecule has 1 fully saturated rings. The monoisotopic (exact) mass is 426 g/mol. The Morgan fingerprint density at radius 2 is 1.95 bits per heavy atom. The summed E-state index contributed by atoms with van der Waals surface area (Å²) in [4.78, 5) is 15.8. The van der Waals surface area contributed by atoms with Gasteiger partial charge in [0.25, 0.3) is 0 Å². The summed E-state index contributed by atoms with van der Waals surface area (Å²) in [6, 6.07) is 0. The van der Waals surface area contributed by atoms with Crippen molar-refractivity contribution in [2.75, 3.05) is 39.4 Å². The minimum absolute atomic E-state index is 0. The van der Waals surface area contributed by atoms with Gasteiger partial charge in [-0.2, -0.15) is 0 Å². The number of hydrogen-bond donors (Lipinski definition) is 3. The van der Waals surface area contributed by atoms with Crippen LogP contribution in [0, 0.1) is 5.92 Å². The van der Waals surface area contributed by atoms with E-state index in [9.17, 15) is 4.79 Å². The Kier molecular flexibility index (Phi) is 13.7. The second kappa shape index (κ2) is 14.0. The molecule has 22 heavy (non-hydrogen) atoms. The van der Waals surface area contributed by atoms with Crippen molar-refractivity contribution in [1.82, 2.24) is 16.0 Å². The van der Waals surface area contributed by atoms with Gasteiger partial charge >= 0.3 is 0 Å². The molecule has 0 bridgehead atoms. The van der Waals surface area contributed by atoms with E-state index in [2.05, 4.69) is 20.9 Å². The number of halogens is 1. The Hall–Kier alpha value is -0.570. The maximum absolute atomic E-state index is 11.5. The van der Waals surface area contributed by atoms with Crippen LogP contribution in [-0.2, 0) is 9.53 Å². The first kappa shape index (κ1) is 21.4. The number of aliphatic imine (C=N–C) groups is 1. The van der Waals surface area contributed by atoms with Crippen molar-refractivity contribution in [2.24, 2.45) is 10.9 Å². The van der Waals surface area contributed by atoms with Gasteiger partial charge in [-0.3, -0.25) is 4.79 Å². The fourth-order valence-electron chi connectivity index (χ4n) is 1.73. The molecule has 1 aliphatic rings. The van der Waals surface area contributed by atoms with Gasteiger partial charge in [-0.05, 0) is 38.5 Å². The predicted octanol–water partition coefficient (Wildman–Crippen LogP) is 1.50. The van der Waals surface area contributed by atoms with Gasteiger partial charge in [0.05, 0.1) is 0 Å². The molecule has 0 spiro atoms. The topological polar surface area (TPSA) is 74.8 Å². The van der Waals surface area contributed by atoms with Gasteiger partial charge in [0.1, 0.15) is 6.54 Å². The van der Waals surface area contributed by atoms with Crippen molar-refractivity contribution < 1.29 is 9.53 Å². The molecule has 6 nitrogen and oxygen atoms in total. The molecule has 1 aliphatic carbocycles. The first-order valence-electron chi connectivity index (χ1n) is 8.12. The standard InChI is InChI=1S/C15H30N4O2.HI/c1-3-8-17-14(20)11-19-15(16-4-2)18-9-5-10-21-12-13-6-7-13;/h13H,3-12H2,1-2H3,(H,17,20)(H2,16,18,19);1H. The summed E-state index contributed by atoms with van der Waals surface area (Å²) < 4.78 is 5.58. The number of rotatable bonds is 11. The highest BCUT2D eigenvalue weighted by atomic mass is 127. The lowest BCUT2D eigenvalue weighted by Crippen LogP contribution is -2.39. The number of hydrogen-bond acceptors (Lipinski definition) is 3. The molecule has 0 heterocycles. The van der Waals surface area contributed by atoms with Crippen LogP contribution in [0.4, 0.5) is 0 Å². The van der Waals surface area contributed by atoms with Gasteiger partial charge in [0, 0.05) is 32.8 Å².